The number of amides is 1. The average molecular weight is 562 g/mol. The first kappa shape index (κ1) is 26.8. The lowest BCUT2D eigenvalue weighted by Crippen LogP contribution is -2.41. The standard InChI is InChI=1S/C23H24F5N5O2S2/c24-37(25,26,27,28)21-7-3-18(4-8-21)32-19-10-13-33(14-11-19)36(30,35)20-5-1-16(2-6-20)17-9-12-31-22(15-17)23(29)34/h1-9,12,15,19,30,32H,10-11,13-14H2,(H2,29,34). The third-order valence-electron chi connectivity index (χ3n) is 6.01. The van der Waals surface area contributed by atoms with Gasteiger partial charge in [0.05, 0.1) is 4.90 Å². The molecule has 200 valence electrons. The minimum absolute atomic E-state index is 0.109. The van der Waals surface area contributed by atoms with E-state index in [-0.39, 0.29) is 30.5 Å². The number of aromatic nitrogens is 1. The van der Waals surface area contributed by atoms with E-state index >= 15 is 0 Å². The van der Waals surface area contributed by atoms with Crippen molar-refractivity contribution in [1.82, 2.24) is 9.29 Å². The summed E-state index contributed by atoms with van der Waals surface area (Å²) < 4.78 is 87.9. The number of nitrogens with zero attached hydrogens (tertiary/aromatic N) is 2. The van der Waals surface area contributed by atoms with Crippen LogP contribution in [0.15, 0.2) is 76.7 Å². The Labute approximate surface area is 210 Å². The Kier molecular flexibility index (Phi) is 6.28. The van der Waals surface area contributed by atoms with E-state index in [0.717, 1.165) is 17.7 Å². The number of carbonyl (C=O) groups excluding carboxylic acids is 1. The van der Waals surface area contributed by atoms with Gasteiger partial charge in [0.25, 0.3) is 5.91 Å². The Hall–Kier alpha value is -3.23. The SMILES string of the molecule is N=S(=O)(c1ccc(-c2ccnc(C(N)=O)c2)cc1)N1CCC(Nc2ccc(S(F)(F)(F)(F)F)cc2)CC1. The second-order valence-corrected chi connectivity index (χ2v) is 13.1. The van der Waals surface area contributed by atoms with E-state index in [1.807, 2.05) is 0 Å². The third-order valence-corrected chi connectivity index (χ3v) is 9.17. The second kappa shape index (κ2) is 8.67. The third kappa shape index (κ3) is 6.19. The van der Waals surface area contributed by atoms with E-state index in [1.165, 1.54) is 16.6 Å². The van der Waals surface area contributed by atoms with E-state index in [0.29, 0.717) is 35.4 Å². The number of hydrogen-bond acceptors (Lipinski definition) is 5. The maximum absolute atomic E-state index is 13.3. The Balaban J connectivity index is 1.39. The zero-order valence-electron chi connectivity index (χ0n) is 19.3. The van der Waals surface area contributed by atoms with Crippen molar-refractivity contribution in [2.45, 2.75) is 28.7 Å². The molecule has 14 heteroatoms. The highest BCUT2D eigenvalue weighted by molar-refractivity contribution is 8.45. The molecule has 3 aromatic rings. The van der Waals surface area contributed by atoms with Crippen LogP contribution in [0.5, 0.6) is 0 Å². The van der Waals surface area contributed by atoms with Crippen LogP contribution in [0.25, 0.3) is 11.1 Å². The van der Waals surface area contributed by atoms with Crippen LogP contribution in [0.1, 0.15) is 23.3 Å². The number of benzene rings is 2. The van der Waals surface area contributed by atoms with Crippen molar-refractivity contribution >= 4 is 31.7 Å². The number of hydrogen-bond donors (Lipinski definition) is 3. The molecule has 1 aliphatic heterocycles. The number of anilines is 1. The van der Waals surface area contributed by atoms with E-state index in [1.54, 1.807) is 30.3 Å². The lowest BCUT2D eigenvalue weighted by atomic mass is 10.1. The van der Waals surface area contributed by atoms with Crippen molar-refractivity contribution in [2.75, 3.05) is 18.4 Å². The molecule has 1 aliphatic rings. The van der Waals surface area contributed by atoms with Gasteiger partial charge in [0.2, 0.25) is 0 Å². The molecule has 0 radical (unpaired) electrons. The predicted molar refractivity (Wildman–Crippen MR) is 133 cm³/mol. The van der Waals surface area contributed by atoms with Crippen LogP contribution < -0.4 is 11.1 Å². The summed E-state index contributed by atoms with van der Waals surface area (Å²) in [5, 5.41) is 3.02. The fraction of sp³-hybridized carbons (Fsp3) is 0.217. The number of nitrogens with one attached hydrogen (secondary N) is 2. The highest BCUT2D eigenvalue weighted by atomic mass is 32.5. The summed E-state index contributed by atoms with van der Waals surface area (Å²) in [5.74, 6) is -0.661. The van der Waals surface area contributed by atoms with E-state index in [9.17, 15) is 28.4 Å². The van der Waals surface area contributed by atoms with Gasteiger partial charge < -0.3 is 11.1 Å². The number of nitrogens with two attached hydrogens (primary N) is 1. The number of rotatable bonds is 7. The fourth-order valence-corrected chi connectivity index (χ4v) is 6.21. The molecular weight excluding hydrogens is 537 g/mol. The van der Waals surface area contributed by atoms with Gasteiger partial charge in [-0.25, -0.2) is 13.3 Å². The first-order valence-electron chi connectivity index (χ1n) is 11.0. The number of carbonyl (C=O) groups is 1. The van der Waals surface area contributed by atoms with E-state index in [2.05, 4.69) is 10.3 Å². The van der Waals surface area contributed by atoms with Crippen LogP contribution in [-0.4, -0.2) is 38.5 Å². The van der Waals surface area contributed by atoms with Crippen molar-refractivity contribution in [1.29, 1.82) is 4.78 Å². The normalized spacial score (nSPS) is 18.8. The largest absolute Gasteiger partial charge is 0.382 e. The summed E-state index contributed by atoms with van der Waals surface area (Å²) in [6, 6.07) is 12.2. The molecule has 0 aliphatic carbocycles. The molecule has 37 heavy (non-hydrogen) atoms. The zero-order valence-corrected chi connectivity index (χ0v) is 20.9. The van der Waals surface area contributed by atoms with Gasteiger partial charge in [0.1, 0.15) is 20.5 Å². The molecule has 2 heterocycles. The number of primary amides is 1. The Morgan fingerprint density at radius 1 is 0.973 bits per heavy atom. The number of pyridine rings is 1. The molecule has 1 aromatic heterocycles. The van der Waals surface area contributed by atoms with Gasteiger partial charge in [-0.2, -0.15) is 0 Å². The van der Waals surface area contributed by atoms with Crippen LogP contribution in [-0.2, 0) is 9.92 Å². The molecule has 1 saturated heterocycles. The van der Waals surface area contributed by atoms with Crippen LogP contribution in [0.4, 0.5) is 25.1 Å². The van der Waals surface area contributed by atoms with Crippen molar-refractivity contribution in [3.63, 3.8) is 0 Å². The van der Waals surface area contributed by atoms with Gasteiger partial charge in [-0.05, 0) is 72.5 Å². The molecule has 0 spiro atoms. The quantitative estimate of drug-likeness (QED) is 0.290. The number of halogens is 5. The molecular formula is C23H24F5N5O2S2. The van der Waals surface area contributed by atoms with E-state index < -0.39 is 30.9 Å². The summed E-state index contributed by atoms with van der Waals surface area (Å²) in [6.45, 7) is 0.579. The Morgan fingerprint density at radius 2 is 1.57 bits per heavy atom. The highest BCUT2D eigenvalue weighted by Crippen LogP contribution is 3.02. The van der Waals surface area contributed by atoms with Crippen molar-refractivity contribution in [3.05, 3.63) is 72.6 Å². The maximum Gasteiger partial charge on any atom is 0.310 e. The first-order valence-corrected chi connectivity index (χ1v) is 14.5. The summed E-state index contributed by atoms with van der Waals surface area (Å²) in [5.41, 5.74) is 7.05. The lowest BCUT2D eigenvalue weighted by molar-refractivity contribution is 0.0995. The average Bonchev–Trinajstić information content (AvgIpc) is 2.83. The molecule has 0 bridgehead atoms. The molecule has 1 fully saturated rings. The zero-order chi connectivity index (χ0) is 27.1. The molecule has 4 rings (SSSR count). The van der Waals surface area contributed by atoms with Crippen molar-refractivity contribution in [2.24, 2.45) is 5.73 Å². The fourth-order valence-electron chi connectivity index (χ4n) is 4.03. The summed E-state index contributed by atoms with van der Waals surface area (Å²) in [4.78, 5) is 13.6. The van der Waals surface area contributed by atoms with Crippen LogP contribution in [0.3, 0.4) is 0 Å². The van der Waals surface area contributed by atoms with Crippen LogP contribution in [0.2, 0.25) is 0 Å². The molecule has 4 N–H and O–H groups in total. The van der Waals surface area contributed by atoms with Gasteiger partial charge in [0.15, 0.2) is 0 Å². The van der Waals surface area contributed by atoms with Crippen LogP contribution in [0, 0.1) is 4.78 Å². The summed E-state index contributed by atoms with van der Waals surface area (Å²) in [7, 11) is -13.0. The van der Waals surface area contributed by atoms with Gasteiger partial charge in [0, 0.05) is 31.0 Å². The van der Waals surface area contributed by atoms with Gasteiger partial charge in [-0.3, -0.25) is 9.78 Å². The van der Waals surface area contributed by atoms with E-state index in [4.69, 9.17) is 10.5 Å². The van der Waals surface area contributed by atoms with Crippen molar-refractivity contribution in [3.8, 4) is 11.1 Å². The second-order valence-electron chi connectivity index (χ2n) is 8.69. The number of piperidine rings is 1. The topological polar surface area (TPSA) is 112 Å². The Morgan fingerprint density at radius 3 is 2.11 bits per heavy atom. The highest BCUT2D eigenvalue weighted by Gasteiger charge is 2.65. The molecule has 1 amide bonds. The maximum atomic E-state index is 13.3. The van der Waals surface area contributed by atoms with Gasteiger partial charge in [-0.1, -0.05) is 31.6 Å². The smallest absolute Gasteiger partial charge is 0.310 e. The van der Waals surface area contributed by atoms with Crippen LogP contribution >= 0.6 is 10.2 Å². The molecule has 7 nitrogen and oxygen atoms in total. The molecule has 1 atom stereocenters. The first-order chi connectivity index (χ1) is 17.0. The predicted octanol–water partition coefficient (Wildman–Crippen LogP) is 6.40. The van der Waals surface area contributed by atoms with Gasteiger partial charge in [-0.15, -0.1) is 0 Å². The lowest BCUT2D eigenvalue weighted by Gasteiger charge is -2.40. The molecule has 2 aromatic carbocycles. The summed E-state index contributed by atoms with van der Waals surface area (Å²) in [6.07, 6.45) is 2.35. The molecule has 1 unspecified atom stereocenters. The Bertz CT molecular complexity index is 1420. The summed E-state index contributed by atoms with van der Waals surface area (Å²) >= 11 is 0. The van der Waals surface area contributed by atoms with Gasteiger partial charge >= 0.3 is 10.2 Å². The molecule has 0 saturated carbocycles. The minimum Gasteiger partial charge on any atom is -0.382 e. The van der Waals surface area contributed by atoms with Crippen molar-refractivity contribution < 1.29 is 28.4 Å². The minimum atomic E-state index is -9.72. The monoisotopic (exact) mass is 561 g/mol.